The number of hydrogen-bond acceptors (Lipinski definition) is 2. The lowest BCUT2D eigenvalue weighted by Gasteiger charge is -2.04. The molecule has 72 valence electrons. The van der Waals surface area contributed by atoms with Gasteiger partial charge >= 0.3 is 0 Å². The van der Waals surface area contributed by atoms with Crippen molar-refractivity contribution in [3.63, 3.8) is 0 Å². The fourth-order valence-corrected chi connectivity index (χ4v) is 1.76. The van der Waals surface area contributed by atoms with Crippen molar-refractivity contribution in [1.29, 1.82) is 0 Å². The fourth-order valence-electron chi connectivity index (χ4n) is 1.06. The molecule has 0 bridgehead atoms. The molecular formula is C11H17NS. The average Bonchev–Trinajstić information content (AvgIpc) is 2.64. The molecule has 1 nitrogen and oxygen atoms in total. The molecule has 1 heterocycles. The van der Waals surface area contributed by atoms with Crippen LogP contribution in [0.4, 0.5) is 0 Å². The Morgan fingerprint density at radius 3 is 3.08 bits per heavy atom. The molecule has 1 aromatic rings. The second-order valence-electron chi connectivity index (χ2n) is 3.16. The van der Waals surface area contributed by atoms with Crippen molar-refractivity contribution < 1.29 is 0 Å². The van der Waals surface area contributed by atoms with Crippen LogP contribution in [-0.2, 0) is 6.42 Å². The van der Waals surface area contributed by atoms with Crippen molar-refractivity contribution in [3.05, 3.63) is 34.5 Å². The molecule has 1 N–H and O–H groups in total. The van der Waals surface area contributed by atoms with Crippen molar-refractivity contribution >= 4 is 11.3 Å². The summed E-state index contributed by atoms with van der Waals surface area (Å²) >= 11 is 1.76. The van der Waals surface area contributed by atoms with Crippen LogP contribution in [0.5, 0.6) is 0 Å². The maximum Gasteiger partial charge on any atom is 0.0161 e. The summed E-state index contributed by atoms with van der Waals surface area (Å²) < 4.78 is 0. The predicted octanol–water partition coefficient (Wildman–Crippen LogP) is 2.85. The van der Waals surface area contributed by atoms with Gasteiger partial charge in [-0.3, -0.25) is 0 Å². The molecule has 0 radical (unpaired) electrons. The standard InChI is InChI=1S/C11H17NS/c1-3-10(2)8-12-6-4-11-5-7-13-9-11/h5,7,9,12H,2-4,6,8H2,1H3. The molecule has 0 aliphatic heterocycles. The first kappa shape index (κ1) is 10.5. The lowest BCUT2D eigenvalue weighted by molar-refractivity contribution is 0.718. The summed E-state index contributed by atoms with van der Waals surface area (Å²) in [6, 6.07) is 2.18. The second-order valence-corrected chi connectivity index (χ2v) is 3.94. The molecule has 0 spiro atoms. The molecule has 0 saturated carbocycles. The highest BCUT2D eigenvalue weighted by Gasteiger charge is 1.93. The van der Waals surface area contributed by atoms with Gasteiger partial charge in [0.15, 0.2) is 0 Å². The van der Waals surface area contributed by atoms with E-state index < -0.39 is 0 Å². The molecule has 0 saturated heterocycles. The summed E-state index contributed by atoms with van der Waals surface area (Å²) in [5.41, 5.74) is 2.71. The third kappa shape index (κ3) is 4.25. The third-order valence-electron chi connectivity index (χ3n) is 2.05. The molecule has 0 aromatic carbocycles. The molecule has 0 fully saturated rings. The van der Waals surface area contributed by atoms with E-state index in [1.165, 1.54) is 11.1 Å². The quantitative estimate of drug-likeness (QED) is 0.543. The second kappa shape index (κ2) is 5.95. The topological polar surface area (TPSA) is 12.0 Å². The monoisotopic (exact) mass is 195 g/mol. The number of rotatable bonds is 6. The number of thiophene rings is 1. The summed E-state index contributed by atoms with van der Waals surface area (Å²) in [6.45, 7) is 8.10. The maximum atomic E-state index is 3.95. The first-order valence-corrected chi connectivity index (χ1v) is 5.65. The normalized spacial score (nSPS) is 10.2. The Balaban J connectivity index is 2.05. The summed E-state index contributed by atoms with van der Waals surface area (Å²) in [6.07, 6.45) is 2.20. The van der Waals surface area contributed by atoms with Gasteiger partial charge < -0.3 is 5.32 Å². The molecular weight excluding hydrogens is 178 g/mol. The highest BCUT2D eigenvalue weighted by molar-refractivity contribution is 7.07. The van der Waals surface area contributed by atoms with Crippen molar-refractivity contribution in [3.8, 4) is 0 Å². The van der Waals surface area contributed by atoms with E-state index >= 15 is 0 Å². The molecule has 0 aliphatic carbocycles. The summed E-state index contributed by atoms with van der Waals surface area (Å²) in [5.74, 6) is 0. The van der Waals surface area contributed by atoms with Gasteiger partial charge in [-0.25, -0.2) is 0 Å². The third-order valence-corrected chi connectivity index (χ3v) is 2.78. The van der Waals surface area contributed by atoms with Crippen LogP contribution in [0, 0.1) is 0 Å². The summed E-state index contributed by atoms with van der Waals surface area (Å²) in [5, 5.41) is 7.71. The van der Waals surface area contributed by atoms with Crippen LogP contribution in [-0.4, -0.2) is 13.1 Å². The van der Waals surface area contributed by atoms with Gasteiger partial charge in [-0.1, -0.05) is 19.1 Å². The molecule has 0 amide bonds. The van der Waals surface area contributed by atoms with Gasteiger partial charge in [0.1, 0.15) is 0 Å². The molecule has 13 heavy (non-hydrogen) atoms. The van der Waals surface area contributed by atoms with Crippen molar-refractivity contribution in [2.75, 3.05) is 13.1 Å². The average molecular weight is 195 g/mol. The van der Waals surface area contributed by atoms with Gasteiger partial charge in [-0.05, 0) is 41.8 Å². The first-order valence-electron chi connectivity index (χ1n) is 4.71. The van der Waals surface area contributed by atoms with Crippen LogP contribution in [0.15, 0.2) is 29.0 Å². The Hall–Kier alpha value is -0.600. The minimum Gasteiger partial charge on any atom is -0.313 e. The highest BCUT2D eigenvalue weighted by atomic mass is 32.1. The zero-order chi connectivity index (χ0) is 9.52. The van der Waals surface area contributed by atoms with Crippen molar-refractivity contribution in [2.24, 2.45) is 0 Å². The zero-order valence-electron chi connectivity index (χ0n) is 8.18. The van der Waals surface area contributed by atoms with Gasteiger partial charge in [0.2, 0.25) is 0 Å². The van der Waals surface area contributed by atoms with Crippen molar-refractivity contribution in [2.45, 2.75) is 19.8 Å². The van der Waals surface area contributed by atoms with E-state index in [2.05, 4.69) is 35.6 Å². The van der Waals surface area contributed by atoms with Crippen LogP contribution >= 0.6 is 11.3 Å². The summed E-state index contributed by atoms with van der Waals surface area (Å²) in [4.78, 5) is 0. The van der Waals surface area contributed by atoms with Gasteiger partial charge in [-0.2, -0.15) is 11.3 Å². The Kier molecular flexibility index (Phi) is 4.79. The van der Waals surface area contributed by atoms with Gasteiger partial charge in [0.05, 0.1) is 0 Å². The van der Waals surface area contributed by atoms with Gasteiger partial charge in [0.25, 0.3) is 0 Å². The molecule has 1 rings (SSSR count). The predicted molar refractivity (Wildman–Crippen MR) is 60.3 cm³/mol. The smallest absolute Gasteiger partial charge is 0.0161 e. The highest BCUT2D eigenvalue weighted by Crippen LogP contribution is 2.05. The Morgan fingerprint density at radius 1 is 1.62 bits per heavy atom. The van der Waals surface area contributed by atoms with Gasteiger partial charge in [0, 0.05) is 6.54 Å². The lowest BCUT2D eigenvalue weighted by Crippen LogP contribution is -2.19. The van der Waals surface area contributed by atoms with E-state index in [1.807, 2.05) is 0 Å². The number of hydrogen-bond donors (Lipinski definition) is 1. The number of nitrogens with one attached hydrogen (secondary N) is 1. The Morgan fingerprint density at radius 2 is 2.46 bits per heavy atom. The van der Waals surface area contributed by atoms with Crippen LogP contribution in [0.2, 0.25) is 0 Å². The van der Waals surface area contributed by atoms with Crippen LogP contribution in [0.3, 0.4) is 0 Å². The van der Waals surface area contributed by atoms with E-state index in [0.717, 1.165) is 25.9 Å². The van der Waals surface area contributed by atoms with E-state index in [1.54, 1.807) is 11.3 Å². The molecule has 0 atom stereocenters. The maximum absolute atomic E-state index is 3.95. The first-order chi connectivity index (χ1) is 6.33. The minimum absolute atomic E-state index is 0.959. The largest absolute Gasteiger partial charge is 0.313 e. The van der Waals surface area contributed by atoms with E-state index in [-0.39, 0.29) is 0 Å². The van der Waals surface area contributed by atoms with Crippen LogP contribution in [0.25, 0.3) is 0 Å². The van der Waals surface area contributed by atoms with Crippen molar-refractivity contribution in [1.82, 2.24) is 5.32 Å². The molecule has 0 aliphatic rings. The van der Waals surface area contributed by atoms with Crippen LogP contribution < -0.4 is 5.32 Å². The molecule has 2 heteroatoms. The zero-order valence-corrected chi connectivity index (χ0v) is 8.99. The summed E-state index contributed by atoms with van der Waals surface area (Å²) in [7, 11) is 0. The van der Waals surface area contributed by atoms with E-state index in [9.17, 15) is 0 Å². The van der Waals surface area contributed by atoms with Crippen LogP contribution in [0.1, 0.15) is 18.9 Å². The minimum atomic E-state index is 0.959. The van der Waals surface area contributed by atoms with E-state index in [0.29, 0.717) is 0 Å². The van der Waals surface area contributed by atoms with E-state index in [4.69, 9.17) is 0 Å². The Bertz CT molecular complexity index is 239. The Labute approximate surface area is 84.5 Å². The fraction of sp³-hybridized carbons (Fsp3) is 0.455. The molecule has 1 aromatic heterocycles. The SMILES string of the molecule is C=C(CC)CNCCc1ccsc1. The molecule has 0 unspecified atom stereocenters. The lowest BCUT2D eigenvalue weighted by atomic mass is 10.2. The van der Waals surface area contributed by atoms with Gasteiger partial charge in [-0.15, -0.1) is 0 Å².